The van der Waals surface area contributed by atoms with Crippen molar-refractivity contribution in [3.05, 3.63) is 77.2 Å². The summed E-state index contributed by atoms with van der Waals surface area (Å²) in [6.07, 6.45) is 0.207. The Bertz CT molecular complexity index is 869. The van der Waals surface area contributed by atoms with Gasteiger partial charge in [0.15, 0.2) is 0 Å². The minimum absolute atomic E-state index is 0.0468. The fourth-order valence-corrected chi connectivity index (χ4v) is 2.89. The van der Waals surface area contributed by atoms with Crippen LogP contribution in [0, 0.1) is 13.8 Å². The fraction of sp³-hybridized carbons (Fsp3) is 0.238. The summed E-state index contributed by atoms with van der Waals surface area (Å²) in [6, 6.07) is 17.7. The molecule has 4 heteroatoms. The summed E-state index contributed by atoms with van der Waals surface area (Å²) >= 11 is 0. The maximum Gasteiger partial charge on any atom is 0.226 e. The van der Waals surface area contributed by atoms with Gasteiger partial charge in [0.2, 0.25) is 11.8 Å². The van der Waals surface area contributed by atoms with Crippen LogP contribution in [0.5, 0.6) is 0 Å². The Balaban J connectivity index is 1.69. The summed E-state index contributed by atoms with van der Waals surface area (Å²) in [5.41, 5.74) is 3.87. The Morgan fingerprint density at radius 2 is 1.76 bits per heavy atom. The first-order valence-electron chi connectivity index (χ1n) is 8.41. The van der Waals surface area contributed by atoms with Gasteiger partial charge in [-0.3, -0.25) is 4.79 Å². The molecule has 1 amide bonds. The first kappa shape index (κ1) is 17.0. The molecule has 0 spiro atoms. The molecular weight excluding hydrogens is 312 g/mol. The molecule has 0 bridgehead atoms. The first-order chi connectivity index (χ1) is 12.0. The second kappa shape index (κ2) is 7.34. The minimum Gasteiger partial charge on any atom is -0.441 e. The molecule has 0 saturated heterocycles. The molecule has 25 heavy (non-hydrogen) atoms. The third-order valence-corrected chi connectivity index (χ3v) is 4.27. The van der Waals surface area contributed by atoms with Crippen molar-refractivity contribution in [1.82, 2.24) is 10.3 Å². The quantitative estimate of drug-likeness (QED) is 0.753. The van der Waals surface area contributed by atoms with E-state index in [0.29, 0.717) is 17.3 Å². The SMILES string of the molecule is Cc1ccccc1C(C)NC(=O)Cc1nc(-c2ccccc2)oc1C. The molecule has 1 aromatic heterocycles. The van der Waals surface area contributed by atoms with Crippen molar-refractivity contribution < 1.29 is 9.21 Å². The number of hydrogen-bond acceptors (Lipinski definition) is 3. The number of aromatic nitrogens is 1. The maximum absolute atomic E-state index is 12.4. The smallest absolute Gasteiger partial charge is 0.226 e. The highest BCUT2D eigenvalue weighted by Gasteiger charge is 2.17. The molecule has 1 unspecified atom stereocenters. The summed E-state index contributed by atoms with van der Waals surface area (Å²) < 4.78 is 5.72. The van der Waals surface area contributed by atoms with E-state index in [1.165, 1.54) is 5.56 Å². The molecule has 3 rings (SSSR count). The number of rotatable bonds is 5. The Labute approximate surface area is 147 Å². The second-order valence-electron chi connectivity index (χ2n) is 6.21. The lowest BCUT2D eigenvalue weighted by molar-refractivity contribution is -0.121. The second-order valence-corrected chi connectivity index (χ2v) is 6.21. The van der Waals surface area contributed by atoms with Crippen LogP contribution < -0.4 is 5.32 Å². The number of carbonyl (C=O) groups excluding carboxylic acids is 1. The predicted molar refractivity (Wildman–Crippen MR) is 98.1 cm³/mol. The van der Waals surface area contributed by atoms with Crippen molar-refractivity contribution >= 4 is 5.91 Å². The van der Waals surface area contributed by atoms with Gasteiger partial charge in [0, 0.05) is 5.56 Å². The van der Waals surface area contributed by atoms with Crippen LogP contribution in [0.3, 0.4) is 0 Å². The van der Waals surface area contributed by atoms with Gasteiger partial charge in [0.05, 0.1) is 18.2 Å². The van der Waals surface area contributed by atoms with Crippen molar-refractivity contribution in [3.63, 3.8) is 0 Å². The first-order valence-corrected chi connectivity index (χ1v) is 8.41. The normalized spacial score (nSPS) is 12.0. The van der Waals surface area contributed by atoms with Crippen LogP contribution >= 0.6 is 0 Å². The third kappa shape index (κ3) is 3.97. The number of nitrogens with zero attached hydrogens (tertiary/aromatic N) is 1. The zero-order valence-electron chi connectivity index (χ0n) is 14.7. The molecule has 0 saturated carbocycles. The molecule has 128 valence electrons. The summed E-state index contributed by atoms with van der Waals surface area (Å²) in [5, 5.41) is 3.04. The van der Waals surface area contributed by atoms with Crippen molar-refractivity contribution in [1.29, 1.82) is 0 Å². The van der Waals surface area contributed by atoms with Gasteiger partial charge in [-0.25, -0.2) is 4.98 Å². The molecule has 4 nitrogen and oxygen atoms in total. The van der Waals surface area contributed by atoms with Gasteiger partial charge in [-0.1, -0.05) is 42.5 Å². The van der Waals surface area contributed by atoms with E-state index in [0.717, 1.165) is 11.1 Å². The van der Waals surface area contributed by atoms with E-state index in [4.69, 9.17) is 4.42 Å². The maximum atomic E-state index is 12.4. The van der Waals surface area contributed by atoms with Crippen LogP contribution in [0.4, 0.5) is 0 Å². The molecular formula is C21H22N2O2. The van der Waals surface area contributed by atoms with E-state index in [-0.39, 0.29) is 18.4 Å². The average Bonchev–Trinajstić information content (AvgIpc) is 2.96. The zero-order valence-corrected chi connectivity index (χ0v) is 14.7. The van der Waals surface area contributed by atoms with Crippen LogP contribution in [0.25, 0.3) is 11.5 Å². The highest BCUT2D eigenvalue weighted by atomic mass is 16.4. The molecule has 0 aliphatic carbocycles. The molecule has 0 radical (unpaired) electrons. The molecule has 2 aromatic carbocycles. The Kier molecular flexibility index (Phi) is 4.98. The van der Waals surface area contributed by atoms with Gasteiger partial charge < -0.3 is 9.73 Å². The van der Waals surface area contributed by atoms with Crippen molar-refractivity contribution in [3.8, 4) is 11.5 Å². The molecule has 1 N–H and O–H groups in total. The van der Waals surface area contributed by atoms with Crippen molar-refractivity contribution in [2.45, 2.75) is 33.2 Å². The lowest BCUT2D eigenvalue weighted by Crippen LogP contribution is -2.28. The number of benzene rings is 2. The van der Waals surface area contributed by atoms with Crippen LogP contribution in [-0.4, -0.2) is 10.9 Å². The van der Waals surface area contributed by atoms with E-state index in [1.54, 1.807) is 0 Å². The van der Waals surface area contributed by atoms with Crippen LogP contribution in [0.2, 0.25) is 0 Å². The summed E-state index contributed by atoms with van der Waals surface area (Å²) in [4.78, 5) is 16.9. The standard InChI is InChI=1S/C21H22N2O2/c1-14-9-7-8-12-18(14)15(2)22-20(24)13-19-16(3)25-21(23-19)17-10-5-4-6-11-17/h4-12,15H,13H2,1-3H3,(H,22,24). The summed E-state index contributed by atoms with van der Waals surface area (Å²) in [6.45, 7) is 5.88. The molecule has 0 fully saturated rings. The number of oxazole rings is 1. The Morgan fingerprint density at radius 1 is 1.08 bits per heavy atom. The van der Waals surface area contributed by atoms with Gasteiger partial charge >= 0.3 is 0 Å². The molecule has 3 aromatic rings. The van der Waals surface area contributed by atoms with E-state index >= 15 is 0 Å². The molecule has 0 aliphatic heterocycles. The van der Waals surface area contributed by atoms with Crippen molar-refractivity contribution in [2.75, 3.05) is 0 Å². The van der Waals surface area contributed by atoms with E-state index in [2.05, 4.69) is 10.3 Å². The van der Waals surface area contributed by atoms with Gasteiger partial charge in [0.25, 0.3) is 0 Å². The topological polar surface area (TPSA) is 55.1 Å². The third-order valence-electron chi connectivity index (χ3n) is 4.27. The monoisotopic (exact) mass is 334 g/mol. The van der Waals surface area contributed by atoms with Crippen molar-refractivity contribution in [2.24, 2.45) is 0 Å². The largest absolute Gasteiger partial charge is 0.441 e. The van der Waals surface area contributed by atoms with Gasteiger partial charge in [-0.15, -0.1) is 0 Å². The Hall–Kier alpha value is -2.88. The Morgan fingerprint density at radius 3 is 2.48 bits per heavy atom. The number of carbonyl (C=O) groups is 1. The van der Waals surface area contributed by atoms with Crippen LogP contribution in [0.15, 0.2) is 59.0 Å². The number of amides is 1. The summed E-state index contributed by atoms with van der Waals surface area (Å²) in [5.74, 6) is 1.16. The number of aryl methyl sites for hydroxylation is 2. The zero-order chi connectivity index (χ0) is 17.8. The number of nitrogens with one attached hydrogen (secondary N) is 1. The van der Waals surface area contributed by atoms with Gasteiger partial charge in [-0.2, -0.15) is 0 Å². The van der Waals surface area contributed by atoms with E-state index in [1.807, 2.05) is 75.4 Å². The lowest BCUT2D eigenvalue weighted by atomic mass is 10.0. The van der Waals surface area contributed by atoms with Gasteiger partial charge in [-0.05, 0) is 44.0 Å². The van der Waals surface area contributed by atoms with E-state index in [9.17, 15) is 4.79 Å². The van der Waals surface area contributed by atoms with Gasteiger partial charge in [0.1, 0.15) is 5.76 Å². The molecule has 1 atom stereocenters. The highest BCUT2D eigenvalue weighted by Crippen LogP contribution is 2.22. The fourth-order valence-electron chi connectivity index (χ4n) is 2.89. The predicted octanol–water partition coefficient (Wildman–Crippen LogP) is 4.38. The lowest BCUT2D eigenvalue weighted by Gasteiger charge is -2.16. The molecule has 0 aliphatic rings. The number of hydrogen-bond donors (Lipinski definition) is 1. The summed E-state index contributed by atoms with van der Waals surface area (Å²) in [7, 11) is 0. The highest BCUT2D eigenvalue weighted by molar-refractivity contribution is 5.79. The molecule has 1 heterocycles. The van der Waals surface area contributed by atoms with Crippen LogP contribution in [0.1, 0.15) is 35.5 Å². The average molecular weight is 334 g/mol. The van der Waals surface area contributed by atoms with Crippen LogP contribution in [-0.2, 0) is 11.2 Å². The van der Waals surface area contributed by atoms with E-state index < -0.39 is 0 Å². The minimum atomic E-state index is -0.0632.